The van der Waals surface area contributed by atoms with Gasteiger partial charge in [0.1, 0.15) is 0 Å². The summed E-state index contributed by atoms with van der Waals surface area (Å²) in [5.74, 6) is 1.23. The van der Waals surface area contributed by atoms with Crippen molar-refractivity contribution in [1.29, 1.82) is 0 Å². The molecular weight excluding hydrogens is 240 g/mol. The van der Waals surface area contributed by atoms with Crippen LogP contribution in [-0.4, -0.2) is 37.7 Å². The number of benzene rings is 1. The summed E-state index contributed by atoms with van der Waals surface area (Å²) in [4.78, 5) is 2.38. The lowest BCUT2D eigenvalue weighted by Gasteiger charge is -2.25. The number of hydrogen-bond donors (Lipinski definition) is 1. The zero-order chi connectivity index (χ0) is 12.8. The molecule has 0 atom stereocenters. The third kappa shape index (κ3) is 3.92. The van der Waals surface area contributed by atoms with E-state index in [1.165, 1.54) is 42.9 Å². The van der Waals surface area contributed by atoms with E-state index < -0.39 is 0 Å². The highest BCUT2D eigenvalue weighted by molar-refractivity contribution is 7.99. The molecule has 1 fully saturated rings. The minimum absolute atomic E-state index is 0.872. The van der Waals surface area contributed by atoms with E-state index in [1.54, 1.807) is 0 Å². The number of rotatable bonds is 5. The molecule has 2 rings (SSSR count). The standard InChI is InChI=1S/C15H24N2S/c1-13-5-3-4-6-15(13)17(2)11-12-18-14-7-9-16-10-8-14/h3-6,14,16H,7-12H2,1-2H3. The minimum Gasteiger partial charge on any atom is -0.374 e. The lowest BCUT2D eigenvalue weighted by atomic mass is 10.2. The Morgan fingerprint density at radius 2 is 2.00 bits per heavy atom. The predicted molar refractivity (Wildman–Crippen MR) is 82.8 cm³/mol. The first-order chi connectivity index (χ1) is 8.77. The van der Waals surface area contributed by atoms with Crippen LogP contribution in [0.4, 0.5) is 5.69 Å². The second-order valence-corrected chi connectivity index (χ2v) is 6.44. The summed E-state index contributed by atoms with van der Waals surface area (Å²) >= 11 is 2.14. The Hall–Kier alpha value is -0.670. The van der Waals surface area contributed by atoms with Crippen LogP contribution < -0.4 is 10.2 Å². The van der Waals surface area contributed by atoms with E-state index in [0.717, 1.165) is 11.8 Å². The molecule has 18 heavy (non-hydrogen) atoms. The largest absolute Gasteiger partial charge is 0.374 e. The monoisotopic (exact) mass is 264 g/mol. The van der Waals surface area contributed by atoms with Crippen molar-refractivity contribution in [2.75, 3.05) is 37.3 Å². The van der Waals surface area contributed by atoms with Gasteiger partial charge in [-0.1, -0.05) is 18.2 Å². The quantitative estimate of drug-likeness (QED) is 0.880. The van der Waals surface area contributed by atoms with E-state index >= 15 is 0 Å². The summed E-state index contributed by atoms with van der Waals surface area (Å²) in [6.07, 6.45) is 2.66. The van der Waals surface area contributed by atoms with Crippen LogP contribution in [0, 0.1) is 6.92 Å². The molecule has 0 radical (unpaired) electrons. The molecule has 0 spiro atoms. The molecule has 1 saturated heterocycles. The van der Waals surface area contributed by atoms with Gasteiger partial charge in [0.05, 0.1) is 0 Å². The topological polar surface area (TPSA) is 15.3 Å². The highest BCUT2D eigenvalue weighted by Gasteiger charge is 2.13. The van der Waals surface area contributed by atoms with Gasteiger partial charge in [-0.25, -0.2) is 0 Å². The normalized spacial score (nSPS) is 16.8. The zero-order valence-corrected chi connectivity index (χ0v) is 12.3. The minimum atomic E-state index is 0.872. The van der Waals surface area contributed by atoms with Gasteiger partial charge in [0, 0.05) is 30.3 Å². The Kier molecular flexibility index (Phi) is 5.39. The molecule has 100 valence electrons. The van der Waals surface area contributed by atoms with Gasteiger partial charge in [0.15, 0.2) is 0 Å². The lowest BCUT2D eigenvalue weighted by molar-refractivity contribution is 0.531. The van der Waals surface area contributed by atoms with Gasteiger partial charge in [-0.2, -0.15) is 11.8 Å². The summed E-state index contributed by atoms with van der Waals surface area (Å²) in [5, 5.41) is 4.30. The maximum absolute atomic E-state index is 3.42. The molecule has 0 bridgehead atoms. The number of anilines is 1. The van der Waals surface area contributed by atoms with Gasteiger partial charge in [-0.15, -0.1) is 0 Å². The maximum atomic E-state index is 3.42. The SMILES string of the molecule is Cc1ccccc1N(C)CCSC1CCNCC1. The van der Waals surface area contributed by atoms with Gasteiger partial charge in [0.25, 0.3) is 0 Å². The maximum Gasteiger partial charge on any atom is 0.0393 e. The van der Waals surface area contributed by atoms with Crippen LogP contribution >= 0.6 is 11.8 Å². The number of thioether (sulfide) groups is 1. The number of piperidine rings is 1. The smallest absolute Gasteiger partial charge is 0.0393 e. The summed E-state index contributed by atoms with van der Waals surface area (Å²) < 4.78 is 0. The van der Waals surface area contributed by atoms with E-state index in [0.29, 0.717) is 0 Å². The third-order valence-electron chi connectivity index (χ3n) is 3.59. The summed E-state index contributed by atoms with van der Waals surface area (Å²) in [6.45, 7) is 5.72. The number of para-hydroxylation sites is 1. The van der Waals surface area contributed by atoms with Crippen LogP contribution in [0.25, 0.3) is 0 Å². The van der Waals surface area contributed by atoms with Crippen molar-refractivity contribution >= 4 is 17.4 Å². The Morgan fingerprint density at radius 1 is 1.28 bits per heavy atom. The van der Waals surface area contributed by atoms with Crippen LogP contribution in [0.15, 0.2) is 24.3 Å². The Balaban J connectivity index is 1.74. The first-order valence-corrected chi connectivity index (χ1v) is 7.91. The van der Waals surface area contributed by atoms with E-state index in [9.17, 15) is 0 Å². The van der Waals surface area contributed by atoms with Crippen molar-refractivity contribution in [1.82, 2.24) is 5.32 Å². The number of nitrogens with one attached hydrogen (secondary N) is 1. The molecule has 0 saturated carbocycles. The molecule has 0 amide bonds. The van der Waals surface area contributed by atoms with Crippen molar-refractivity contribution in [3.05, 3.63) is 29.8 Å². The third-order valence-corrected chi connectivity index (χ3v) is 4.95. The molecule has 1 aromatic rings. The van der Waals surface area contributed by atoms with Crippen LogP contribution in [0.5, 0.6) is 0 Å². The summed E-state index contributed by atoms with van der Waals surface area (Å²) in [7, 11) is 2.20. The van der Waals surface area contributed by atoms with Gasteiger partial charge in [-0.05, 0) is 44.5 Å². The van der Waals surface area contributed by atoms with E-state index in [2.05, 4.69) is 60.2 Å². The lowest BCUT2D eigenvalue weighted by Crippen LogP contribution is -2.30. The fraction of sp³-hybridized carbons (Fsp3) is 0.600. The molecular formula is C15H24N2S. The average molecular weight is 264 g/mol. The second-order valence-electron chi connectivity index (χ2n) is 5.03. The highest BCUT2D eigenvalue weighted by atomic mass is 32.2. The first kappa shape index (κ1) is 13.8. The molecule has 1 heterocycles. The molecule has 1 aliphatic heterocycles. The molecule has 0 aromatic heterocycles. The Labute approximate surface area is 115 Å². The number of aryl methyl sites for hydroxylation is 1. The van der Waals surface area contributed by atoms with E-state index in [1.807, 2.05) is 0 Å². The predicted octanol–water partition coefficient (Wildman–Crippen LogP) is 2.92. The van der Waals surface area contributed by atoms with Crippen molar-refractivity contribution in [3.63, 3.8) is 0 Å². The molecule has 1 aliphatic rings. The number of hydrogen-bond acceptors (Lipinski definition) is 3. The van der Waals surface area contributed by atoms with Crippen LogP contribution in [0.3, 0.4) is 0 Å². The van der Waals surface area contributed by atoms with Crippen LogP contribution in [0.1, 0.15) is 18.4 Å². The van der Waals surface area contributed by atoms with Crippen LogP contribution in [0.2, 0.25) is 0 Å². The van der Waals surface area contributed by atoms with Gasteiger partial charge in [-0.3, -0.25) is 0 Å². The molecule has 2 nitrogen and oxygen atoms in total. The molecule has 3 heteroatoms. The van der Waals surface area contributed by atoms with Crippen molar-refractivity contribution < 1.29 is 0 Å². The fourth-order valence-electron chi connectivity index (χ4n) is 2.43. The molecule has 0 unspecified atom stereocenters. The van der Waals surface area contributed by atoms with Crippen molar-refractivity contribution in [2.45, 2.75) is 25.0 Å². The summed E-state index contributed by atoms with van der Waals surface area (Å²) in [5.41, 5.74) is 2.73. The first-order valence-electron chi connectivity index (χ1n) is 6.86. The highest BCUT2D eigenvalue weighted by Crippen LogP contribution is 2.22. The van der Waals surface area contributed by atoms with Crippen LogP contribution in [-0.2, 0) is 0 Å². The van der Waals surface area contributed by atoms with Gasteiger partial charge in [0.2, 0.25) is 0 Å². The summed E-state index contributed by atoms with van der Waals surface area (Å²) in [6, 6.07) is 8.63. The van der Waals surface area contributed by atoms with E-state index in [-0.39, 0.29) is 0 Å². The average Bonchev–Trinajstić information content (AvgIpc) is 2.40. The Morgan fingerprint density at radius 3 is 2.72 bits per heavy atom. The molecule has 1 N–H and O–H groups in total. The van der Waals surface area contributed by atoms with Crippen molar-refractivity contribution in [2.24, 2.45) is 0 Å². The van der Waals surface area contributed by atoms with E-state index in [4.69, 9.17) is 0 Å². The zero-order valence-electron chi connectivity index (χ0n) is 11.5. The van der Waals surface area contributed by atoms with Gasteiger partial charge >= 0.3 is 0 Å². The molecule has 1 aromatic carbocycles. The van der Waals surface area contributed by atoms with Gasteiger partial charge < -0.3 is 10.2 Å². The second kappa shape index (κ2) is 7.05. The van der Waals surface area contributed by atoms with Crippen molar-refractivity contribution in [3.8, 4) is 0 Å². The number of nitrogens with zero attached hydrogens (tertiary/aromatic N) is 1. The molecule has 0 aliphatic carbocycles. The Bertz CT molecular complexity index is 361. The fourth-order valence-corrected chi connectivity index (χ4v) is 3.71.